The lowest BCUT2D eigenvalue weighted by molar-refractivity contribution is -0.137. The molecule has 0 spiro atoms. The van der Waals surface area contributed by atoms with Crippen LogP contribution in [-0.2, 0) is 11.2 Å². The van der Waals surface area contributed by atoms with E-state index in [0.29, 0.717) is 24.8 Å². The van der Waals surface area contributed by atoms with Crippen LogP contribution in [0.4, 0.5) is 8.78 Å². The first-order valence-electron chi connectivity index (χ1n) is 5.29. The van der Waals surface area contributed by atoms with Gasteiger partial charge in [-0.05, 0) is 30.9 Å². The zero-order valence-electron chi connectivity index (χ0n) is 9.50. The molecule has 1 aromatic rings. The molecule has 0 bridgehead atoms. The monoisotopic (exact) mass is 244 g/mol. The number of carboxylic acids is 1. The zero-order chi connectivity index (χ0) is 12.8. The van der Waals surface area contributed by atoms with Crippen molar-refractivity contribution in [2.75, 3.05) is 7.11 Å². The van der Waals surface area contributed by atoms with Gasteiger partial charge in [-0.3, -0.25) is 4.79 Å². The molecule has 0 fully saturated rings. The van der Waals surface area contributed by atoms with Gasteiger partial charge in [0.1, 0.15) is 0 Å². The summed E-state index contributed by atoms with van der Waals surface area (Å²) < 4.78 is 31.3. The molecule has 0 saturated carbocycles. The van der Waals surface area contributed by atoms with Gasteiger partial charge in [0.2, 0.25) is 0 Å². The first-order chi connectivity index (χ1) is 8.06. The van der Waals surface area contributed by atoms with E-state index in [1.54, 1.807) is 0 Å². The maximum atomic E-state index is 13.6. The lowest BCUT2D eigenvalue weighted by atomic mass is 10.1. The van der Waals surface area contributed by atoms with Crippen molar-refractivity contribution in [1.82, 2.24) is 0 Å². The van der Waals surface area contributed by atoms with Gasteiger partial charge in [-0.25, -0.2) is 8.78 Å². The molecule has 0 aliphatic heterocycles. The van der Waals surface area contributed by atoms with Crippen LogP contribution in [0.1, 0.15) is 24.8 Å². The zero-order valence-corrected chi connectivity index (χ0v) is 9.50. The van der Waals surface area contributed by atoms with Crippen molar-refractivity contribution in [3.63, 3.8) is 0 Å². The summed E-state index contributed by atoms with van der Waals surface area (Å²) >= 11 is 0. The fraction of sp³-hybridized carbons (Fsp3) is 0.417. The molecular weight excluding hydrogens is 230 g/mol. The minimum atomic E-state index is -0.873. The van der Waals surface area contributed by atoms with Crippen molar-refractivity contribution in [2.45, 2.75) is 25.7 Å². The molecule has 3 nitrogen and oxygen atoms in total. The van der Waals surface area contributed by atoms with Crippen LogP contribution < -0.4 is 4.74 Å². The standard InChI is InChI=1S/C12H14F2O3/c1-17-12-9(13)7-6-8(11(12)14)4-2-3-5-10(15)16/h6-7H,2-5H2,1H3,(H,15,16). The molecule has 1 N–H and O–H groups in total. The summed E-state index contributed by atoms with van der Waals surface area (Å²) in [4.78, 5) is 10.3. The Labute approximate surface area is 98.0 Å². The van der Waals surface area contributed by atoms with E-state index < -0.39 is 17.6 Å². The van der Waals surface area contributed by atoms with Crippen LogP contribution in [0.15, 0.2) is 12.1 Å². The third-order valence-corrected chi connectivity index (χ3v) is 2.42. The summed E-state index contributed by atoms with van der Waals surface area (Å²) in [5.41, 5.74) is 0.341. The first kappa shape index (κ1) is 13.4. The number of benzene rings is 1. The van der Waals surface area contributed by atoms with Crippen LogP contribution in [-0.4, -0.2) is 18.2 Å². The molecular formula is C12H14F2O3. The minimum Gasteiger partial charge on any atom is -0.491 e. The third-order valence-electron chi connectivity index (χ3n) is 2.42. The lowest BCUT2D eigenvalue weighted by Gasteiger charge is -2.08. The molecule has 0 unspecified atom stereocenters. The predicted molar refractivity (Wildman–Crippen MR) is 58.1 cm³/mol. The van der Waals surface area contributed by atoms with Crippen molar-refractivity contribution in [1.29, 1.82) is 0 Å². The van der Waals surface area contributed by atoms with E-state index in [1.165, 1.54) is 13.2 Å². The average Bonchev–Trinajstić information content (AvgIpc) is 2.27. The summed E-state index contributed by atoms with van der Waals surface area (Å²) in [7, 11) is 1.20. The van der Waals surface area contributed by atoms with Crippen molar-refractivity contribution in [3.8, 4) is 5.75 Å². The van der Waals surface area contributed by atoms with E-state index in [9.17, 15) is 13.6 Å². The largest absolute Gasteiger partial charge is 0.491 e. The number of hydrogen-bond acceptors (Lipinski definition) is 2. The SMILES string of the molecule is COc1c(F)ccc(CCCCC(=O)O)c1F. The fourth-order valence-corrected chi connectivity index (χ4v) is 1.55. The van der Waals surface area contributed by atoms with E-state index in [0.717, 1.165) is 6.07 Å². The Morgan fingerprint density at radius 2 is 2.06 bits per heavy atom. The number of ether oxygens (including phenoxy) is 1. The van der Waals surface area contributed by atoms with Crippen LogP contribution in [0.2, 0.25) is 0 Å². The average molecular weight is 244 g/mol. The van der Waals surface area contributed by atoms with Gasteiger partial charge >= 0.3 is 5.97 Å². The highest BCUT2D eigenvalue weighted by Gasteiger charge is 2.13. The molecule has 1 rings (SSSR count). The summed E-state index contributed by atoms with van der Waals surface area (Å²) in [6.07, 6.45) is 1.43. The summed E-state index contributed by atoms with van der Waals surface area (Å²) in [6, 6.07) is 2.50. The Bertz CT molecular complexity index is 405. The van der Waals surface area contributed by atoms with Gasteiger partial charge in [0.25, 0.3) is 0 Å². The number of halogens is 2. The van der Waals surface area contributed by atoms with E-state index in [1.807, 2.05) is 0 Å². The molecule has 1 aromatic carbocycles. The van der Waals surface area contributed by atoms with E-state index in [2.05, 4.69) is 4.74 Å². The fourth-order valence-electron chi connectivity index (χ4n) is 1.55. The maximum absolute atomic E-state index is 13.6. The second kappa shape index (κ2) is 6.18. The number of aryl methyl sites for hydroxylation is 1. The molecule has 17 heavy (non-hydrogen) atoms. The second-order valence-electron chi connectivity index (χ2n) is 3.65. The summed E-state index contributed by atoms with van der Waals surface area (Å²) in [5.74, 6) is -2.70. The molecule has 0 radical (unpaired) electrons. The van der Waals surface area contributed by atoms with Gasteiger partial charge in [0, 0.05) is 6.42 Å². The normalized spacial score (nSPS) is 10.3. The number of carbonyl (C=O) groups is 1. The summed E-state index contributed by atoms with van der Waals surface area (Å²) in [5, 5.41) is 8.44. The van der Waals surface area contributed by atoms with Crippen LogP contribution in [0.3, 0.4) is 0 Å². The Morgan fingerprint density at radius 3 is 2.65 bits per heavy atom. The smallest absolute Gasteiger partial charge is 0.303 e. The van der Waals surface area contributed by atoms with E-state index in [4.69, 9.17) is 5.11 Å². The molecule has 0 heterocycles. The Hall–Kier alpha value is -1.65. The minimum absolute atomic E-state index is 0.0555. The third kappa shape index (κ3) is 3.69. The quantitative estimate of drug-likeness (QED) is 0.783. The van der Waals surface area contributed by atoms with Crippen molar-refractivity contribution in [3.05, 3.63) is 29.3 Å². The number of rotatable bonds is 6. The molecule has 0 aliphatic carbocycles. The number of carboxylic acid groups (broad SMARTS) is 1. The van der Waals surface area contributed by atoms with Crippen LogP contribution in [0.5, 0.6) is 5.75 Å². The molecule has 5 heteroatoms. The molecule has 94 valence electrons. The van der Waals surface area contributed by atoms with Crippen LogP contribution in [0, 0.1) is 11.6 Å². The van der Waals surface area contributed by atoms with Crippen LogP contribution in [0.25, 0.3) is 0 Å². The van der Waals surface area contributed by atoms with E-state index >= 15 is 0 Å². The molecule has 0 atom stereocenters. The Morgan fingerprint density at radius 1 is 1.35 bits per heavy atom. The lowest BCUT2D eigenvalue weighted by Crippen LogP contribution is -1.99. The molecule has 0 amide bonds. The van der Waals surface area contributed by atoms with Gasteiger partial charge in [0.15, 0.2) is 17.4 Å². The van der Waals surface area contributed by atoms with Gasteiger partial charge in [0.05, 0.1) is 7.11 Å². The van der Waals surface area contributed by atoms with Gasteiger partial charge in [-0.2, -0.15) is 0 Å². The molecule has 0 aromatic heterocycles. The number of methoxy groups -OCH3 is 1. The van der Waals surface area contributed by atoms with E-state index in [-0.39, 0.29) is 12.2 Å². The predicted octanol–water partition coefficient (Wildman–Crippen LogP) is 2.77. The molecule has 0 saturated heterocycles. The maximum Gasteiger partial charge on any atom is 0.303 e. The highest BCUT2D eigenvalue weighted by atomic mass is 19.1. The topological polar surface area (TPSA) is 46.5 Å². The van der Waals surface area contributed by atoms with Crippen molar-refractivity contribution >= 4 is 5.97 Å². The highest BCUT2D eigenvalue weighted by Crippen LogP contribution is 2.25. The van der Waals surface area contributed by atoms with Gasteiger partial charge in [-0.1, -0.05) is 6.07 Å². The second-order valence-corrected chi connectivity index (χ2v) is 3.65. The Kier molecular flexibility index (Phi) is 4.87. The van der Waals surface area contributed by atoms with Crippen LogP contribution >= 0.6 is 0 Å². The summed E-state index contributed by atoms with van der Waals surface area (Å²) in [6.45, 7) is 0. The molecule has 0 aliphatic rings. The number of aliphatic carboxylic acids is 1. The van der Waals surface area contributed by atoms with Crippen molar-refractivity contribution in [2.24, 2.45) is 0 Å². The van der Waals surface area contributed by atoms with Gasteiger partial charge in [-0.15, -0.1) is 0 Å². The number of hydrogen-bond donors (Lipinski definition) is 1. The van der Waals surface area contributed by atoms with Crippen molar-refractivity contribution < 1.29 is 23.4 Å². The highest BCUT2D eigenvalue weighted by molar-refractivity contribution is 5.66. The Balaban J connectivity index is 2.63. The first-order valence-corrected chi connectivity index (χ1v) is 5.29. The van der Waals surface area contributed by atoms with Gasteiger partial charge < -0.3 is 9.84 Å². The number of unbranched alkanes of at least 4 members (excludes halogenated alkanes) is 1.